The molecule has 2 rings (SSSR count). The average molecular weight is 323 g/mol. The molecule has 116 valence electrons. The Morgan fingerprint density at radius 1 is 1.32 bits per heavy atom. The summed E-state index contributed by atoms with van der Waals surface area (Å²) in [5, 5.41) is 3.06. The van der Waals surface area contributed by atoms with Crippen LogP contribution in [0.4, 0.5) is 5.69 Å². The molecule has 1 amide bonds. The predicted octanol–water partition coefficient (Wildman–Crippen LogP) is 2.61. The van der Waals surface area contributed by atoms with E-state index in [1.54, 1.807) is 35.0 Å². The molecule has 1 N–H and O–H groups in total. The van der Waals surface area contributed by atoms with Crippen LogP contribution < -0.4 is 14.8 Å². The Kier molecular flexibility index (Phi) is 5.06. The minimum Gasteiger partial charge on any atom is -0.495 e. The molecular weight excluding hydrogens is 308 g/mol. The van der Waals surface area contributed by atoms with E-state index >= 15 is 0 Å². The van der Waals surface area contributed by atoms with E-state index in [4.69, 9.17) is 21.1 Å². The standard InChI is InChI=1S/C15H15ClN2O4/c1-21-13-7-14(22-2)12(6-11(13)16)17-15(20)8-18-5-3-4-10(18)9-19/h3-7,9H,8H2,1-2H3,(H,17,20). The number of benzene rings is 1. The number of nitrogens with one attached hydrogen (secondary N) is 1. The number of carbonyl (C=O) groups is 2. The maximum absolute atomic E-state index is 12.1. The molecule has 0 spiro atoms. The SMILES string of the molecule is COc1cc(OC)c(NC(=O)Cn2cccc2C=O)cc1Cl. The van der Waals surface area contributed by atoms with Crippen LogP contribution in [0, 0.1) is 0 Å². The van der Waals surface area contributed by atoms with Crippen molar-refractivity contribution in [1.82, 2.24) is 4.57 Å². The van der Waals surface area contributed by atoms with Crippen molar-refractivity contribution in [3.05, 3.63) is 41.2 Å². The fourth-order valence-electron chi connectivity index (χ4n) is 1.98. The van der Waals surface area contributed by atoms with Crippen molar-refractivity contribution in [2.24, 2.45) is 0 Å². The van der Waals surface area contributed by atoms with Gasteiger partial charge in [0.2, 0.25) is 5.91 Å². The minimum atomic E-state index is -0.307. The summed E-state index contributed by atoms with van der Waals surface area (Å²) >= 11 is 6.05. The van der Waals surface area contributed by atoms with Gasteiger partial charge in [-0.05, 0) is 18.2 Å². The highest BCUT2D eigenvalue weighted by molar-refractivity contribution is 6.32. The Morgan fingerprint density at radius 3 is 2.68 bits per heavy atom. The van der Waals surface area contributed by atoms with Gasteiger partial charge in [-0.1, -0.05) is 11.6 Å². The molecule has 7 heteroatoms. The van der Waals surface area contributed by atoms with E-state index in [0.717, 1.165) is 0 Å². The van der Waals surface area contributed by atoms with Crippen LogP contribution in [0.2, 0.25) is 5.02 Å². The number of ether oxygens (including phenoxy) is 2. The zero-order valence-corrected chi connectivity index (χ0v) is 12.9. The first kappa shape index (κ1) is 15.9. The maximum Gasteiger partial charge on any atom is 0.244 e. The molecule has 0 fully saturated rings. The van der Waals surface area contributed by atoms with Crippen molar-refractivity contribution in [1.29, 1.82) is 0 Å². The van der Waals surface area contributed by atoms with Crippen molar-refractivity contribution in [3.63, 3.8) is 0 Å². The van der Waals surface area contributed by atoms with E-state index in [0.29, 0.717) is 34.2 Å². The molecule has 1 aromatic heterocycles. The Bertz CT molecular complexity index is 697. The summed E-state index contributed by atoms with van der Waals surface area (Å²) in [5.41, 5.74) is 0.855. The fourth-order valence-corrected chi connectivity index (χ4v) is 2.22. The molecule has 0 saturated carbocycles. The summed E-state index contributed by atoms with van der Waals surface area (Å²) in [5.74, 6) is 0.571. The van der Waals surface area contributed by atoms with Crippen LogP contribution in [0.3, 0.4) is 0 Å². The van der Waals surface area contributed by atoms with Gasteiger partial charge in [-0.2, -0.15) is 0 Å². The Morgan fingerprint density at radius 2 is 2.05 bits per heavy atom. The number of anilines is 1. The highest BCUT2D eigenvalue weighted by Gasteiger charge is 2.13. The number of amides is 1. The molecule has 22 heavy (non-hydrogen) atoms. The number of aromatic nitrogens is 1. The number of rotatable bonds is 6. The molecular formula is C15H15ClN2O4. The van der Waals surface area contributed by atoms with Gasteiger partial charge in [0, 0.05) is 12.3 Å². The molecule has 0 aliphatic carbocycles. The third-order valence-electron chi connectivity index (χ3n) is 3.05. The molecule has 1 heterocycles. The quantitative estimate of drug-likeness (QED) is 0.830. The number of aldehydes is 1. The summed E-state index contributed by atoms with van der Waals surface area (Å²) < 4.78 is 11.8. The van der Waals surface area contributed by atoms with Crippen molar-refractivity contribution in [2.45, 2.75) is 6.54 Å². The molecule has 0 aliphatic heterocycles. The van der Waals surface area contributed by atoms with Gasteiger partial charge in [0.1, 0.15) is 18.0 Å². The summed E-state index contributed by atoms with van der Waals surface area (Å²) in [7, 11) is 2.97. The molecule has 0 aliphatic rings. The summed E-state index contributed by atoms with van der Waals surface area (Å²) in [4.78, 5) is 22.9. The number of nitrogens with zero attached hydrogens (tertiary/aromatic N) is 1. The van der Waals surface area contributed by atoms with Crippen LogP contribution in [0.1, 0.15) is 10.5 Å². The molecule has 6 nitrogen and oxygen atoms in total. The number of methoxy groups -OCH3 is 2. The lowest BCUT2D eigenvalue weighted by molar-refractivity contribution is -0.116. The Balaban J connectivity index is 2.17. The molecule has 2 aromatic rings. The number of hydrogen-bond donors (Lipinski definition) is 1. The maximum atomic E-state index is 12.1. The Labute approximate surface area is 132 Å². The van der Waals surface area contributed by atoms with Gasteiger partial charge in [0.15, 0.2) is 6.29 Å². The third-order valence-corrected chi connectivity index (χ3v) is 3.34. The second kappa shape index (κ2) is 7.00. The van der Waals surface area contributed by atoms with Crippen LogP contribution in [0.15, 0.2) is 30.5 Å². The fraction of sp³-hybridized carbons (Fsp3) is 0.200. The molecule has 0 radical (unpaired) electrons. The van der Waals surface area contributed by atoms with E-state index in [1.165, 1.54) is 14.2 Å². The lowest BCUT2D eigenvalue weighted by Crippen LogP contribution is -2.19. The van der Waals surface area contributed by atoms with Gasteiger partial charge >= 0.3 is 0 Å². The highest BCUT2D eigenvalue weighted by Crippen LogP contribution is 2.35. The smallest absolute Gasteiger partial charge is 0.244 e. The lowest BCUT2D eigenvalue weighted by atomic mass is 10.2. The van der Waals surface area contributed by atoms with Crippen LogP contribution >= 0.6 is 11.6 Å². The van der Waals surface area contributed by atoms with E-state index in [9.17, 15) is 9.59 Å². The van der Waals surface area contributed by atoms with Gasteiger partial charge in [0.05, 0.1) is 30.6 Å². The summed E-state index contributed by atoms with van der Waals surface area (Å²) in [6, 6.07) is 6.46. The van der Waals surface area contributed by atoms with Crippen molar-refractivity contribution in [2.75, 3.05) is 19.5 Å². The first-order valence-corrected chi connectivity index (χ1v) is 6.78. The van der Waals surface area contributed by atoms with Gasteiger partial charge in [-0.15, -0.1) is 0 Å². The second-order valence-corrected chi connectivity index (χ2v) is 4.82. The molecule has 1 aromatic carbocycles. The van der Waals surface area contributed by atoms with Crippen LogP contribution in [-0.4, -0.2) is 31.0 Å². The first-order chi connectivity index (χ1) is 10.6. The lowest BCUT2D eigenvalue weighted by Gasteiger charge is -2.13. The summed E-state index contributed by atoms with van der Waals surface area (Å²) in [6.45, 7) is 0.00781. The Hall–Kier alpha value is -2.47. The van der Waals surface area contributed by atoms with Gasteiger partial charge in [-0.25, -0.2) is 0 Å². The number of carbonyl (C=O) groups excluding carboxylic acids is 2. The number of halogens is 1. The van der Waals surface area contributed by atoms with Crippen molar-refractivity contribution < 1.29 is 19.1 Å². The zero-order chi connectivity index (χ0) is 16.1. The van der Waals surface area contributed by atoms with Crippen molar-refractivity contribution >= 4 is 29.5 Å². The highest BCUT2D eigenvalue weighted by atomic mass is 35.5. The summed E-state index contributed by atoms with van der Waals surface area (Å²) in [6.07, 6.45) is 2.35. The number of hydrogen-bond acceptors (Lipinski definition) is 4. The monoisotopic (exact) mass is 322 g/mol. The zero-order valence-electron chi connectivity index (χ0n) is 12.1. The van der Waals surface area contributed by atoms with E-state index in [1.807, 2.05) is 0 Å². The molecule has 0 unspecified atom stereocenters. The van der Waals surface area contributed by atoms with E-state index in [-0.39, 0.29) is 12.5 Å². The van der Waals surface area contributed by atoms with Gasteiger partial charge in [0.25, 0.3) is 0 Å². The first-order valence-electron chi connectivity index (χ1n) is 6.40. The second-order valence-electron chi connectivity index (χ2n) is 4.41. The largest absolute Gasteiger partial charge is 0.495 e. The average Bonchev–Trinajstić information content (AvgIpc) is 2.94. The predicted molar refractivity (Wildman–Crippen MR) is 83.0 cm³/mol. The van der Waals surface area contributed by atoms with Gasteiger partial charge < -0.3 is 19.4 Å². The van der Waals surface area contributed by atoms with E-state index in [2.05, 4.69) is 5.32 Å². The molecule has 0 saturated heterocycles. The third kappa shape index (κ3) is 3.40. The van der Waals surface area contributed by atoms with Crippen LogP contribution in [0.25, 0.3) is 0 Å². The molecule has 0 bridgehead atoms. The van der Waals surface area contributed by atoms with Crippen LogP contribution in [-0.2, 0) is 11.3 Å². The van der Waals surface area contributed by atoms with Gasteiger partial charge in [-0.3, -0.25) is 9.59 Å². The molecule has 0 atom stereocenters. The normalized spacial score (nSPS) is 10.1. The topological polar surface area (TPSA) is 69.6 Å². The van der Waals surface area contributed by atoms with Crippen molar-refractivity contribution in [3.8, 4) is 11.5 Å². The van der Waals surface area contributed by atoms with E-state index < -0.39 is 0 Å². The minimum absolute atomic E-state index is 0.00781. The van der Waals surface area contributed by atoms with Crippen LogP contribution in [0.5, 0.6) is 11.5 Å².